The summed E-state index contributed by atoms with van der Waals surface area (Å²) < 4.78 is 24.9. The fourth-order valence-corrected chi connectivity index (χ4v) is 5.88. The molecule has 0 radical (unpaired) electrons. The first-order chi connectivity index (χ1) is 12.4. The van der Waals surface area contributed by atoms with Gasteiger partial charge in [0.25, 0.3) is 11.8 Å². The summed E-state index contributed by atoms with van der Waals surface area (Å²) in [5.74, 6) is -0.834. The van der Waals surface area contributed by atoms with Gasteiger partial charge in [0.05, 0.1) is 11.1 Å². The second kappa shape index (κ2) is 8.06. The highest BCUT2D eigenvalue weighted by molar-refractivity contribution is 7.88. The number of hydrogen-bond donors (Lipinski definition) is 2. The molecule has 3 rings (SSSR count). The molecular weight excluding hydrogens is 374 g/mol. The molecule has 2 heterocycles. The number of hydrazine groups is 1. The van der Waals surface area contributed by atoms with E-state index in [1.54, 1.807) is 0 Å². The lowest BCUT2D eigenvalue weighted by Gasteiger charge is -2.32. The minimum absolute atomic E-state index is 0.336. The van der Waals surface area contributed by atoms with Gasteiger partial charge in [-0.3, -0.25) is 20.4 Å². The van der Waals surface area contributed by atoms with Crippen molar-refractivity contribution in [3.05, 3.63) is 21.4 Å². The first-order valence-electron chi connectivity index (χ1n) is 9.05. The summed E-state index contributed by atoms with van der Waals surface area (Å²) in [4.78, 5) is 26.6. The summed E-state index contributed by atoms with van der Waals surface area (Å²) >= 11 is 1.48. The predicted molar refractivity (Wildman–Crippen MR) is 100 cm³/mol. The number of carbonyl (C=O) groups is 2. The highest BCUT2D eigenvalue weighted by Crippen LogP contribution is 2.28. The topological polar surface area (TPSA) is 95.6 Å². The van der Waals surface area contributed by atoms with Crippen molar-refractivity contribution in [2.45, 2.75) is 57.4 Å². The number of carbonyl (C=O) groups excluding carboxylic acids is 2. The fraction of sp³-hybridized carbons (Fsp3) is 0.647. The Labute approximate surface area is 158 Å². The number of nitrogens with one attached hydrogen (secondary N) is 2. The van der Waals surface area contributed by atoms with Gasteiger partial charge in [0.2, 0.25) is 10.0 Å². The molecule has 0 saturated carbocycles. The van der Waals surface area contributed by atoms with Crippen LogP contribution in [-0.4, -0.2) is 43.4 Å². The summed E-state index contributed by atoms with van der Waals surface area (Å²) in [7, 11) is -3.45. The summed E-state index contributed by atoms with van der Waals surface area (Å²) in [6.07, 6.45) is 8.61. The smallest absolute Gasteiger partial charge is 0.271 e. The van der Waals surface area contributed by atoms with Gasteiger partial charge in [-0.25, -0.2) is 8.42 Å². The van der Waals surface area contributed by atoms with Gasteiger partial charge in [-0.2, -0.15) is 4.31 Å². The molecular formula is C17H25N3O4S2. The lowest BCUT2D eigenvalue weighted by atomic mass is 10.0. The predicted octanol–water partition coefficient (Wildman–Crippen LogP) is 1.59. The zero-order valence-electron chi connectivity index (χ0n) is 14.9. The number of fused-ring (bicyclic) bond motifs is 1. The second-order valence-corrected chi connectivity index (χ2v) is 10.0. The zero-order valence-corrected chi connectivity index (χ0v) is 16.5. The molecule has 0 aromatic carbocycles. The van der Waals surface area contributed by atoms with Crippen LogP contribution in [0.3, 0.4) is 0 Å². The van der Waals surface area contributed by atoms with Crippen LogP contribution in [0, 0.1) is 0 Å². The van der Waals surface area contributed by atoms with E-state index in [1.165, 1.54) is 32.5 Å². The molecule has 0 spiro atoms. The summed E-state index contributed by atoms with van der Waals surface area (Å²) in [5, 5.41) is 0. The van der Waals surface area contributed by atoms with Gasteiger partial charge in [-0.1, -0.05) is 12.8 Å². The zero-order chi connectivity index (χ0) is 18.7. The Bertz CT molecular complexity index is 764. The van der Waals surface area contributed by atoms with E-state index in [0.717, 1.165) is 44.8 Å². The number of sulfonamides is 1. The fourth-order valence-electron chi connectivity index (χ4n) is 3.61. The maximum Gasteiger partial charge on any atom is 0.279 e. The molecule has 2 amide bonds. The number of nitrogens with zero attached hydrogens (tertiary/aromatic N) is 1. The summed E-state index contributed by atoms with van der Waals surface area (Å²) in [6.45, 7) is 0.336. The molecule has 144 valence electrons. The van der Waals surface area contributed by atoms with Crippen LogP contribution in [0.2, 0.25) is 0 Å². The third-order valence-corrected chi connectivity index (χ3v) is 7.48. The third kappa shape index (κ3) is 4.44. The quantitative estimate of drug-likeness (QED) is 0.596. The van der Waals surface area contributed by atoms with Crippen LogP contribution in [0.5, 0.6) is 0 Å². The standard InChI is InChI=1S/C17H25N3O4S2/c1-26(23,24)20-10-6-5-8-13(20)16(21)18-19-17(22)15-11-12-7-3-2-4-9-14(12)25-15/h11,13H,2-10H2,1H3,(H,18,21)(H,19,22). The molecule has 2 aliphatic rings. The maximum absolute atomic E-state index is 12.4. The highest BCUT2D eigenvalue weighted by Gasteiger charge is 2.34. The van der Waals surface area contributed by atoms with Crippen LogP contribution in [0.4, 0.5) is 0 Å². The number of rotatable bonds is 3. The van der Waals surface area contributed by atoms with Crippen LogP contribution in [0.15, 0.2) is 6.07 Å². The number of aryl methyl sites for hydroxylation is 2. The third-order valence-electron chi connectivity index (χ3n) is 4.95. The molecule has 1 saturated heterocycles. The molecule has 1 atom stereocenters. The average Bonchev–Trinajstić information content (AvgIpc) is 2.89. The minimum Gasteiger partial charge on any atom is -0.271 e. The maximum atomic E-state index is 12.4. The molecule has 1 aliphatic heterocycles. The molecule has 26 heavy (non-hydrogen) atoms. The average molecular weight is 400 g/mol. The van der Waals surface area contributed by atoms with Gasteiger partial charge in [0.1, 0.15) is 6.04 Å². The van der Waals surface area contributed by atoms with Gasteiger partial charge in [0.15, 0.2) is 0 Å². The van der Waals surface area contributed by atoms with E-state index >= 15 is 0 Å². The Morgan fingerprint density at radius 2 is 1.88 bits per heavy atom. The van der Waals surface area contributed by atoms with Crippen LogP contribution in [-0.2, 0) is 27.7 Å². The second-order valence-electron chi connectivity index (χ2n) is 6.95. The van der Waals surface area contributed by atoms with E-state index in [9.17, 15) is 18.0 Å². The van der Waals surface area contributed by atoms with Crippen LogP contribution >= 0.6 is 11.3 Å². The van der Waals surface area contributed by atoms with Gasteiger partial charge in [-0.15, -0.1) is 11.3 Å². The normalized spacial score (nSPS) is 21.5. The van der Waals surface area contributed by atoms with Crippen molar-refractivity contribution in [3.63, 3.8) is 0 Å². The van der Waals surface area contributed by atoms with Crippen molar-refractivity contribution in [2.24, 2.45) is 0 Å². The number of hydrogen-bond acceptors (Lipinski definition) is 5. The van der Waals surface area contributed by atoms with Crippen molar-refractivity contribution < 1.29 is 18.0 Å². The monoisotopic (exact) mass is 399 g/mol. The lowest BCUT2D eigenvalue weighted by molar-refractivity contribution is -0.126. The molecule has 0 bridgehead atoms. The Hall–Kier alpha value is -1.45. The Balaban J connectivity index is 1.61. The van der Waals surface area contributed by atoms with Crippen molar-refractivity contribution in [1.29, 1.82) is 0 Å². The molecule has 7 nitrogen and oxygen atoms in total. The van der Waals surface area contributed by atoms with E-state index < -0.39 is 22.0 Å². The van der Waals surface area contributed by atoms with E-state index in [0.29, 0.717) is 17.8 Å². The Morgan fingerprint density at radius 3 is 2.65 bits per heavy atom. The summed E-state index contributed by atoms with van der Waals surface area (Å²) in [5.41, 5.74) is 6.09. The van der Waals surface area contributed by atoms with Crippen LogP contribution in [0.1, 0.15) is 58.6 Å². The molecule has 1 aromatic rings. The van der Waals surface area contributed by atoms with Gasteiger partial charge in [-0.05, 0) is 50.2 Å². The first kappa shape index (κ1) is 19.3. The summed E-state index contributed by atoms with van der Waals surface area (Å²) in [6, 6.07) is 1.15. The number of amides is 2. The van der Waals surface area contributed by atoms with Gasteiger partial charge < -0.3 is 0 Å². The lowest BCUT2D eigenvalue weighted by Crippen LogP contribution is -2.55. The van der Waals surface area contributed by atoms with Gasteiger partial charge >= 0.3 is 0 Å². The molecule has 1 aliphatic carbocycles. The Morgan fingerprint density at radius 1 is 1.12 bits per heavy atom. The van der Waals surface area contributed by atoms with Crippen molar-refractivity contribution in [3.8, 4) is 0 Å². The number of piperidine rings is 1. The molecule has 1 aromatic heterocycles. The molecule has 1 fully saturated rings. The molecule has 2 N–H and O–H groups in total. The van der Waals surface area contributed by atoms with E-state index in [1.807, 2.05) is 6.07 Å². The van der Waals surface area contributed by atoms with Crippen molar-refractivity contribution >= 4 is 33.2 Å². The van der Waals surface area contributed by atoms with E-state index in [4.69, 9.17) is 0 Å². The van der Waals surface area contributed by atoms with Gasteiger partial charge in [0, 0.05) is 11.4 Å². The van der Waals surface area contributed by atoms with E-state index in [2.05, 4.69) is 10.9 Å². The number of thiophene rings is 1. The van der Waals surface area contributed by atoms with Crippen LogP contribution in [0.25, 0.3) is 0 Å². The van der Waals surface area contributed by atoms with E-state index in [-0.39, 0.29) is 5.91 Å². The van der Waals surface area contributed by atoms with Crippen molar-refractivity contribution in [2.75, 3.05) is 12.8 Å². The van der Waals surface area contributed by atoms with Crippen LogP contribution < -0.4 is 10.9 Å². The Kier molecular flexibility index (Phi) is 5.99. The minimum atomic E-state index is -3.45. The first-order valence-corrected chi connectivity index (χ1v) is 11.7. The largest absolute Gasteiger partial charge is 0.279 e. The molecule has 9 heteroatoms. The van der Waals surface area contributed by atoms with Crippen molar-refractivity contribution in [1.82, 2.24) is 15.2 Å². The SMILES string of the molecule is CS(=O)(=O)N1CCCCC1C(=O)NNC(=O)c1cc2c(s1)CCCCC2. The highest BCUT2D eigenvalue weighted by atomic mass is 32.2. The molecule has 1 unspecified atom stereocenters.